The molecule has 0 spiro atoms. The lowest BCUT2D eigenvalue weighted by molar-refractivity contribution is 0.0788. The lowest BCUT2D eigenvalue weighted by atomic mass is 10.0. The van der Waals surface area contributed by atoms with Crippen molar-refractivity contribution in [3.8, 4) is 11.5 Å². The molecule has 0 saturated carbocycles. The van der Waals surface area contributed by atoms with Crippen LogP contribution in [0.3, 0.4) is 0 Å². The largest absolute Gasteiger partial charge is 0.493 e. The number of carbonyl (C=O) groups excluding carboxylic acids is 1. The molecular formula is C18H29ClN2O3. The van der Waals surface area contributed by atoms with E-state index in [1.807, 2.05) is 0 Å². The van der Waals surface area contributed by atoms with Gasteiger partial charge in [-0.25, -0.2) is 0 Å². The van der Waals surface area contributed by atoms with Crippen LogP contribution in [0.2, 0.25) is 0 Å². The number of hydrogen-bond acceptors (Lipinski definition) is 4. The van der Waals surface area contributed by atoms with E-state index in [0.29, 0.717) is 36.1 Å². The fraction of sp³-hybridized carbons (Fsp3) is 0.500. The molecule has 1 aromatic carbocycles. The van der Waals surface area contributed by atoms with Crippen molar-refractivity contribution in [3.05, 3.63) is 36.4 Å². The van der Waals surface area contributed by atoms with Crippen LogP contribution in [0.1, 0.15) is 30.6 Å². The lowest BCUT2D eigenvalue weighted by Gasteiger charge is -2.22. The van der Waals surface area contributed by atoms with Crippen molar-refractivity contribution in [2.24, 2.45) is 11.7 Å². The summed E-state index contributed by atoms with van der Waals surface area (Å²) in [6.07, 6.45) is 2.43. The third-order valence-corrected chi connectivity index (χ3v) is 3.77. The number of hydrogen-bond donors (Lipinski definition) is 1. The molecule has 1 rings (SSSR count). The molecule has 136 valence electrons. The number of carbonyl (C=O) groups is 1. The predicted molar refractivity (Wildman–Crippen MR) is 100 cm³/mol. The Morgan fingerprint density at radius 3 is 2.58 bits per heavy atom. The molecule has 0 aliphatic rings. The van der Waals surface area contributed by atoms with Gasteiger partial charge in [0.2, 0.25) is 0 Å². The normalized spacial score (nSPS) is 11.4. The van der Waals surface area contributed by atoms with E-state index >= 15 is 0 Å². The average molecular weight is 357 g/mol. The average Bonchev–Trinajstić information content (AvgIpc) is 2.56. The molecule has 0 heterocycles. The fourth-order valence-electron chi connectivity index (χ4n) is 2.07. The quantitative estimate of drug-likeness (QED) is 0.690. The summed E-state index contributed by atoms with van der Waals surface area (Å²) in [7, 11) is 3.33. The van der Waals surface area contributed by atoms with Crippen LogP contribution in [-0.4, -0.2) is 44.2 Å². The zero-order valence-corrected chi connectivity index (χ0v) is 15.8. The number of methoxy groups -OCH3 is 1. The Kier molecular flexibility index (Phi) is 10.2. The number of nitrogens with zero attached hydrogens (tertiary/aromatic N) is 1. The number of ether oxygens (including phenoxy) is 2. The number of amides is 1. The molecule has 0 radical (unpaired) electrons. The molecule has 0 aliphatic heterocycles. The van der Waals surface area contributed by atoms with Gasteiger partial charge in [0.05, 0.1) is 7.11 Å². The first-order chi connectivity index (χ1) is 10.9. The minimum absolute atomic E-state index is 0. The predicted octanol–water partition coefficient (Wildman–Crippen LogP) is 3.13. The van der Waals surface area contributed by atoms with Crippen LogP contribution in [0, 0.1) is 5.92 Å². The van der Waals surface area contributed by atoms with E-state index in [9.17, 15) is 4.79 Å². The van der Waals surface area contributed by atoms with Crippen molar-refractivity contribution < 1.29 is 14.3 Å². The summed E-state index contributed by atoms with van der Waals surface area (Å²) in [6.45, 7) is 8.78. The summed E-state index contributed by atoms with van der Waals surface area (Å²) >= 11 is 0. The lowest BCUT2D eigenvalue weighted by Crippen LogP contribution is -2.34. The first-order valence-corrected chi connectivity index (χ1v) is 7.83. The topological polar surface area (TPSA) is 64.8 Å². The molecule has 2 N–H and O–H groups in total. The molecule has 0 saturated heterocycles. The van der Waals surface area contributed by atoms with Crippen LogP contribution in [0.15, 0.2) is 30.9 Å². The minimum atomic E-state index is -0.0606. The highest BCUT2D eigenvalue weighted by atomic mass is 35.5. The maximum absolute atomic E-state index is 12.5. The molecule has 1 amide bonds. The van der Waals surface area contributed by atoms with Crippen molar-refractivity contribution in [3.63, 3.8) is 0 Å². The zero-order chi connectivity index (χ0) is 17.4. The van der Waals surface area contributed by atoms with E-state index in [2.05, 4.69) is 20.4 Å². The Morgan fingerprint density at radius 2 is 2.04 bits per heavy atom. The molecule has 5 nitrogen and oxygen atoms in total. The van der Waals surface area contributed by atoms with Crippen LogP contribution >= 0.6 is 12.4 Å². The maximum atomic E-state index is 12.5. The summed E-state index contributed by atoms with van der Waals surface area (Å²) in [5.41, 5.74) is 6.60. The van der Waals surface area contributed by atoms with E-state index in [-0.39, 0.29) is 24.4 Å². The summed E-state index contributed by atoms with van der Waals surface area (Å²) < 4.78 is 10.8. The van der Waals surface area contributed by atoms with Gasteiger partial charge in [-0.2, -0.15) is 0 Å². The highest BCUT2D eigenvalue weighted by Gasteiger charge is 2.16. The van der Waals surface area contributed by atoms with Crippen molar-refractivity contribution in [1.82, 2.24) is 4.90 Å². The van der Waals surface area contributed by atoms with Gasteiger partial charge in [0.15, 0.2) is 11.5 Å². The van der Waals surface area contributed by atoms with Crippen molar-refractivity contribution in [2.45, 2.75) is 26.3 Å². The van der Waals surface area contributed by atoms with Crippen LogP contribution in [0.5, 0.6) is 11.5 Å². The van der Waals surface area contributed by atoms with Crippen LogP contribution in [-0.2, 0) is 0 Å². The number of benzene rings is 1. The molecule has 1 aromatic rings. The van der Waals surface area contributed by atoms with E-state index in [1.165, 1.54) is 0 Å². The van der Waals surface area contributed by atoms with Crippen LogP contribution < -0.4 is 15.2 Å². The number of rotatable bonds is 9. The van der Waals surface area contributed by atoms with E-state index < -0.39 is 0 Å². The summed E-state index contributed by atoms with van der Waals surface area (Å²) in [6, 6.07) is 5.26. The number of halogens is 1. The monoisotopic (exact) mass is 356 g/mol. The maximum Gasteiger partial charge on any atom is 0.253 e. The summed E-state index contributed by atoms with van der Waals surface area (Å²) in [5.74, 6) is 1.47. The van der Waals surface area contributed by atoms with Gasteiger partial charge < -0.3 is 20.1 Å². The summed E-state index contributed by atoms with van der Waals surface area (Å²) in [4.78, 5) is 14.2. The van der Waals surface area contributed by atoms with E-state index in [4.69, 9.17) is 15.2 Å². The summed E-state index contributed by atoms with van der Waals surface area (Å²) in [5, 5.41) is 0. The standard InChI is InChI=1S/C18H28N2O3.ClH/c1-6-11-23-16-8-7-14(12-17(16)22-5)18(21)20(4)10-9-15(19)13(2)3;/h6-8,12-13,15H,1,9-11,19H2,2-5H3;1H. The molecule has 1 unspecified atom stereocenters. The van der Waals surface area contributed by atoms with Gasteiger partial charge in [-0.1, -0.05) is 26.5 Å². The molecule has 0 aromatic heterocycles. The van der Waals surface area contributed by atoms with Crippen LogP contribution in [0.25, 0.3) is 0 Å². The number of nitrogens with two attached hydrogens (primary N) is 1. The second-order valence-corrected chi connectivity index (χ2v) is 5.89. The SMILES string of the molecule is C=CCOc1ccc(C(=O)N(C)CCC(N)C(C)C)cc1OC.Cl. The molecule has 24 heavy (non-hydrogen) atoms. The fourth-order valence-corrected chi connectivity index (χ4v) is 2.07. The smallest absolute Gasteiger partial charge is 0.253 e. The Labute approximate surface area is 151 Å². The van der Waals surface area contributed by atoms with Gasteiger partial charge in [-0.15, -0.1) is 12.4 Å². The third kappa shape index (κ3) is 6.42. The molecule has 1 atom stereocenters. The minimum Gasteiger partial charge on any atom is -0.493 e. The van der Waals surface area contributed by atoms with Crippen molar-refractivity contribution in [1.29, 1.82) is 0 Å². The Balaban J connectivity index is 0.00000529. The Hall–Kier alpha value is -1.72. The second kappa shape index (κ2) is 10.9. The molecule has 0 bridgehead atoms. The first-order valence-electron chi connectivity index (χ1n) is 7.83. The van der Waals surface area contributed by atoms with E-state index in [1.54, 1.807) is 43.3 Å². The third-order valence-electron chi connectivity index (χ3n) is 3.77. The first kappa shape index (κ1) is 22.3. The van der Waals surface area contributed by atoms with Gasteiger partial charge in [-0.05, 0) is 30.5 Å². The van der Waals surface area contributed by atoms with E-state index in [0.717, 1.165) is 6.42 Å². The van der Waals surface area contributed by atoms with Gasteiger partial charge >= 0.3 is 0 Å². The van der Waals surface area contributed by atoms with Gasteiger partial charge in [-0.3, -0.25) is 4.79 Å². The zero-order valence-electron chi connectivity index (χ0n) is 15.0. The van der Waals surface area contributed by atoms with Gasteiger partial charge in [0, 0.05) is 25.2 Å². The molecule has 6 heteroatoms. The van der Waals surface area contributed by atoms with Gasteiger partial charge in [0.1, 0.15) is 6.61 Å². The van der Waals surface area contributed by atoms with Gasteiger partial charge in [0.25, 0.3) is 5.91 Å². The molecular weight excluding hydrogens is 328 g/mol. The highest BCUT2D eigenvalue weighted by Crippen LogP contribution is 2.28. The van der Waals surface area contributed by atoms with Crippen molar-refractivity contribution >= 4 is 18.3 Å². The Morgan fingerprint density at radius 1 is 1.38 bits per heavy atom. The molecule has 0 fully saturated rings. The molecule has 0 aliphatic carbocycles. The second-order valence-electron chi connectivity index (χ2n) is 5.89. The Bertz CT molecular complexity index is 535. The van der Waals surface area contributed by atoms with Crippen molar-refractivity contribution in [2.75, 3.05) is 27.3 Å². The highest BCUT2D eigenvalue weighted by molar-refractivity contribution is 5.94. The van der Waals surface area contributed by atoms with Crippen LogP contribution in [0.4, 0.5) is 0 Å².